The van der Waals surface area contributed by atoms with E-state index in [1.165, 1.54) is 10.6 Å². The molecule has 0 fully saturated rings. The van der Waals surface area contributed by atoms with Crippen molar-refractivity contribution in [3.63, 3.8) is 0 Å². The summed E-state index contributed by atoms with van der Waals surface area (Å²) in [4.78, 5) is 26.7. The van der Waals surface area contributed by atoms with Gasteiger partial charge in [0.2, 0.25) is 5.91 Å². The Morgan fingerprint density at radius 2 is 1.92 bits per heavy atom. The molecule has 0 spiro atoms. The molecule has 0 unspecified atom stereocenters. The number of hydrogen-bond donors (Lipinski definition) is 1. The molecule has 0 atom stereocenters. The molecule has 1 amide bonds. The molecule has 142 valence electrons. The van der Waals surface area contributed by atoms with Crippen LogP contribution in [-0.4, -0.2) is 66.4 Å². The van der Waals surface area contributed by atoms with Crippen LogP contribution in [0, 0.1) is 6.92 Å². The van der Waals surface area contributed by atoms with E-state index in [-0.39, 0.29) is 5.91 Å². The molecule has 1 rings (SSSR count). The van der Waals surface area contributed by atoms with Crippen LogP contribution in [0.3, 0.4) is 0 Å². The number of thiazole rings is 1. The molecule has 0 bridgehead atoms. The number of guanidine groups is 1. The van der Waals surface area contributed by atoms with E-state index in [9.17, 15) is 4.79 Å². The number of hydrogen-bond acceptors (Lipinski definition) is 4. The Balaban J connectivity index is 2.66. The number of carbonyl (C=O) groups excluding carboxylic acids is 1. The molecule has 7 heteroatoms. The minimum atomic E-state index is 0.126. The molecular formula is C18H33N5OS. The van der Waals surface area contributed by atoms with Crippen molar-refractivity contribution in [1.29, 1.82) is 0 Å². The van der Waals surface area contributed by atoms with Gasteiger partial charge >= 0.3 is 0 Å². The average molecular weight is 368 g/mol. The molecule has 0 saturated carbocycles. The monoisotopic (exact) mass is 367 g/mol. The van der Waals surface area contributed by atoms with Gasteiger partial charge in [-0.3, -0.25) is 9.79 Å². The van der Waals surface area contributed by atoms with Gasteiger partial charge in [-0.2, -0.15) is 0 Å². The molecule has 0 saturated heterocycles. The Morgan fingerprint density at radius 3 is 2.44 bits per heavy atom. The van der Waals surface area contributed by atoms with Crippen LogP contribution >= 0.6 is 11.3 Å². The lowest BCUT2D eigenvalue weighted by Crippen LogP contribution is -2.45. The van der Waals surface area contributed by atoms with E-state index in [4.69, 9.17) is 0 Å². The number of aliphatic imine (C=N–C) groups is 1. The third-order valence-corrected chi connectivity index (χ3v) is 5.12. The molecule has 0 aromatic carbocycles. The van der Waals surface area contributed by atoms with Gasteiger partial charge < -0.3 is 15.1 Å². The maximum Gasteiger partial charge on any atom is 0.242 e. The van der Waals surface area contributed by atoms with Gasteiger partial charge in [0.1, 0.15) is 0 Å². The SMILES string of the molecule is CCNC(=NCCc1nc(CC)c(C)s1)N(C)CC(=O)N(CC)CC. The summed E-state index contributed by atoms with van der Waals surface area (Å²) in [5, 5.41) is 4.40. The fourth-order valence-electron chi connectivity index (χ4n) is 2.60. The highest BCUT2D eigenvalue weighted by molar-refractivity contribution is 7.11. The van der Waals surface area contributed by atoms with Gasteiger partial charge in [-0.15, -0.1) is 11.3 Å². The van der Waals surface area contributed by atoms with E-state index in [0.717, 1.165) is 43.4 Å². The standard InChI is InChI=1S/C18H33N5OS/c1-7-15-14(5)25-16(21-15)11-12-20-18(19-8-2)22(6)13-17(24)23(9-3)10-4/h7-13H2,1-6H3,(H,19,20). The zero-order valence-electron chi connectivity index (χ0n) is 16.6. The first-order chi connectivity index (χ1) is 12.0. The number of aromatic nitrogens is 1. The van der Waals surface area contributed by atoms with Crippen molar-refractivity contribution in [3.05, 3.63) is 15.6 Å². The number of amides is 1. The minimum absolute atomic E-state index is 0.126. The van der Waals surface area contributed by atoms with Crippen LogP contribution in [0.4, 0.5) is 0 Å². The van der Waals surface area contributed by atoms with E-state index < -0.39 is 0 Å². The third-order valence-electron chi connectivity index (χ3n) is 4.04. The molecule has 1 aromatic rings. The van der Waals surface area contributed by atoms with E-state index in [0.29, 0.717) is 13.1 Å². The second-order valence-electron chi connectivity index (χ2n) is 5.87. The van der Waals surface area contributed by atoms with Crippen molar-refractivity contribution in [1.82, 2.24) is 20.1 Å². The number of nitrogens with zero attached hydrogens (tertiary/aromatic N) is 4. The molecule has 1 aromatic heterocycles. The van der Waals surface area contributed by atoms with E-state index in [2.05, 4.69) is 29.1 Å². The number of rotatable bonds is 9. The smallest absolute Gasteiger partial charge is 0.242 e. The molecule has 0 aliphatic carbocycles. The van der Waals surface area contributed by atoms with Crippen molar-refractivity contribution in [3.8, 4) is 0 Å². The summed E-state index contributed by atoms with van der Waals surface area (Å²) in [6.45, 7) is 13.6. The molecular weight excluding hydrogens is 334 g/mol. The highest BCUT2D eigenvalue weighted by Gasteiger charge is 2.15. The van der Waals surface area contributed by atoms with Crippen LogP contribution in [0.2, 0.25) is 0 Å². The van der Waals surface area contributed by atoms with Crippen LogP contribution in [0.15, 0.2) is 4.99 Å². The summed E-state index contributed by atoms with van der Waals surface area (Å²) in [6, 6.07) is 0. The van der Waals surface area contributed by atoms with E-state index in [1.807, 2.05) is 37.6 Å². The molecule has 1 heterocycles. The first kappa shape index (κ1) is 21.4. The largest absolute Gasteiger partial charge is 0.357 e. The number of nitrogens with one attached hydrogen (secondary N) is 1. The third kappa shape index (κ3) is 6.65. The summed E-state index contributed by atoms with van der Waals surface area (Å²) in [6.07, 6.45) is 1.81. The molecule has 1 N–H and O–H groups in total. The van der Waals surface area contributed by atoms with Gasteiger partial charge in [-0.1, -0.05) is 6.92 Å². The predicted octanol–water partition coefficient (Wildman–Crippen LogP) is 2.32. The van der Waals surface area contributed by atoms with Crippen molar-refractivity contribution >= 4 is 23.2 Å². The van der Waals surface area contributed by atoms with Crippen LogP contribution in [-0.2, 0) is 17.6 Å². The molecule has 0 radical (unpaired) electrons. The second kappa shape index (κ2) is 11.1. The fraction of sp³-hybridized carbons (Fsp3) is 0.722. The van der Waals surface area contributed by atoms with E-state index in [1.54, 1.807) is 11.3 Å². The lowest BCUT2D eigenvalue weighted by atomic mass is 10.3. The van der Waals surface area contributed by atoms with Gasteiger partial charge in [0, 0.05) is 44.5 Å². The van der Waals surface area contributed by atoms with Crippen LogP contribution in [0.1, 0.15) is 43.3 Å². The highest BCUT2D eigenvalue weighted by Crippen LogP contribution is 2.18. The van der Waals surface area contributed by atoms with E-state index >= 15 is 0 Å². The van der Waals surface area contributed by atoms with Gasteiger partial charge in [-0.05, 0) is 34.1 Å². The summed E-state index contributed by atoms with van der Waals surface area (Å²) in [5.41, 5.74) is 1.19. The maximum atomic E-state index is 12.3. The van der Waals surface area contributed by atoms with Crippen LogP contribution < -0.4 is 5.32 Å². The van der Waals surface area contributed by atoms with Crippen molar-refractivity contribution in [2.24, 2.45) is 4.99 Å². The highest BCUT2D eigenvalue weighted by atomic mass is 32.1. The lowest BCUT2D eigenvalue weighted by molar-refractivity contribution is -0.131. The summed E-state index contributed by atoms with van der Waals surface area (Å²) < 4.78 is 0. The lowest BCUT2D eigenvalue weighted by Gasteiger charge is -2.25. The number of aryl methyl sites for hydroxylation is 2. The Kier molecular flexibility index (Phi) is 9.49. The number of carbonyl (C=O) groups is 1. The Bertz CT molecular complexity index is 566. The molecule has 0 aliphatic heterocycles. The van der Waals surface area contributed by atoms with Gasteiger partial charge in [0.25, 0.3) is 0 Å². The van der Waals surface area contributed by atoms with Gasteiger partial charge in [0.05, 0.1) is 17.2 Å². The minimum Gasteiger partial charge on any atom is -0.357 e. The first-order valence-corrected chi connectivity index (χ1v) is 10.0. The summed E-state index contributed by atoms with van der Waals surface area (Å²) >= 11 is 1.76. The molecule has 25 heavy (non-hydrogen) atoms. The van der Waals surface area contributed by atoms with Crippen molar-refractivity contribution < 1.29 is 4.79 Å². The normalized spacial score (nSPS) is 11.5. The van der Waals surface area contributed by atoms with Gasteiger partial charge in [-0.25, -0.2) is 4.98 Å². The Labute approximate surface area is 156 Å². The number of likely N-dealkylation sites (N-methyl/N-ethyl adjacent to an activating group) is 2. The quantitative estimate of drug-likeness (QED) is 0.537. The summed E-state index contributed by atoms with van der Waals surface area (Å²) in [7, 11) is 1.91. The van der Waals surface area contributed by atoms with Crippen LogP contribution in [0.5, 0.6) is 0 Å². The molecule has 0 aliphatic rings. The fourth-order valence-corrected chi connectivity index (χ4v) is 3.61. The summed E-state index contributed by atoms with van der Waals surface area (Å²) in [5.74, 6) is 0.897. The van der Waals surface area contributed by atoms with Gasteiger partial charge in [0.15, 0.2) is 5.96 Å². The Hall–Kier alpha value is -1.63. The van der Waals surface area contributed by atoms with Crippen molar-refractivity contribution in [2.75, 3.05) is 39.8 Å². The topological polar surface area (TPSA) is 60.8 Å². The average Bonchev–Trinajstić information content (AvgIpc) is 2.94. The Morgan fingerprint density at radius 1 is 1.24 bits per heavy atom. The molecule has 6 nitrogen and oxygen atoms in total. The maximum absolute atomic E-state index is 12.3. The second-order valence-corrected chi connectivity index (χ2v) is 7.16. The first-order valence-electron chi connectivity index (χ1n) is 9.19. The predicted molar refractivity (Wildman–Crippen MR) is 106 cm³/mol. The van der Waals surface area contributed by atoms with Crippen molar-refractivity contribution in [2.45, 2.75) is 47.5 Å². The zero-order valence-corrected chi connectivity index (χ0v) is 17.4. The van der Waals surface area contributed by atoms with Crippen LogP contribution in [0.25, 0.3) is 0 Å². The zero-order chi connectivity index (χ0) is 18.8.